The molecule has 0 heterocycles. The van der Waals surface area contributed by atoms with E-state index >= 15 is 0 Å². The smallest absolute Gasteiger partial charge is 0.306 e. The first kappa shape index (κ1) is 20.9. The number of carbonyl (C=O) groups excluding carboxylic acids is 1. The third-order valence-electron chi connectivity index (χ3n) is 5.74. The summed E-state index contributed by atoms with van der Waals surface area (Å²) in [4.78, 5) is 11.5. The van der Waals surface area contributed by atoms with E-state index in [-0.39, 0.29) is 5.97 Å². The third kappa shape index (κ3) is 5.05. The van der Waals surface area contributed by atoms with E-state index < -0.39 is 0 Å². The largest absolute Gasteiger partial charge is 0.490 e. The van der Waals surface area contributed by atoms with Crippen molar-refractivity contribution in [1.29, 1.82) is 0 Å². The van der Waals surface area contributed by atoms with Crippen LogP contribution in [0.4, 0.5) is 0 Å². The van der Waals surface area contributed by atoms with Gasteiger partial charge >= 0.3 is 5.97 Å². The normalized spacial score (nSPS) is 12.3. The molecule has 31 heavy (non-hydrogen) atoms. The first-order valence-electron chi connectivity index (χ1n) is 10.9. The lowest BCUT2D eigenvalue weighted by atomic mass is 10.00. The van der Waals surface area contributed by atoms with Crippen LogP contribution in [0.3, 0.4) is 0 Å². The molecule has 4 rings (SSSR count). The maximum Gasteiger partial charge on any atom is 0.306 e. The van der Waals surface area contributed by atoms with Crippen molar-refractivity contribution in [3.8, 4) is 16.9 Å². The molecule has 0 N–H and O–H groups in total. The average Bonchev–Trinajstić information content (AvgIpc) is 3.16. The molecule has 3 heteroatoms. The molecule has 158 valence electrons. The van der Waals surface area contributed by atoms with Crippen LogP contribution in [0.2, 0.25) is 0 Å². The van der Waals surface area contributed by atoms with Crippen LogP contribution in [0.1, 0.15) is 42.5 Å². The van der Waals surface area contributed by atoms with Crippen LogP contribution in [0.15, 0.2) is 72.8 Å². The van der Waals surface area contributed by atoms with Crippen molar-refractivity contribution in [2.24, 2.45) is 0 Å². The van der Waals surface area contributed by atoms with Gasteiger partial charge in [-0.25, -0.2) is 0 Å². The molecule has 0 bridgehead atoms. The molecule has 1 aliphatic rings. The van der Waals surface area contributed by atoms with Gasteiger partial charge in [0.15, 0.2) is 0 Å². The van der Waals surface area contributed by atoms with Crippen molar-refractivity contribution < 1.29 is 14.3 Å². The third-order valence-corrected chi connectivity index (χ3v) is 5.74. The summed E-state index contributed by atoms with van der Waals surface area (Å²) in [5.74, 6) is 0.673. The molecule has 0 saturated heterocycles. The molecule has 3 nitrogen and oxygen atoms in total. The molecule has 3 aromatic carbocycles. The van der Waals surface area contributed by atoms with Crippen molar-refractivity contribution in [3.63, 3.8) is 0 Å². The highest BCUT2D eigenvalue weighted by atomic mass is 16.5. The highest BCUT2D eigenvalue weighted by Crippen LogP contribution is 2.37. The summed E-state index contributed by atoms with van der Waals surface area (Å²) >= 11 is 0. The molecular weight excluding hydrogens is 384 g/mol. The van der Waals surface area contributed by atoms with E-state index in [0.29, 0.717) is 26.1 Å². The zero-order valence-corrected chi connectivity index (χ0v) is 18.2. The fraction of sp³-hybridized carbons (Fsp3) is 0.250. The Morgan fingerprint density at radius 1 is 0.968 bits per heavy atom. The van der Waals surface area contributed by atoms with Crippen molar-refractivity contribution >= 4 is 11.5 Å². The number of esters is 1. The fourth-order valence-electron chi connectivity index (χ4n) is 4.00. The molecule has 0 aliphatic heterocycles. The molecular formula is C28H28O3. The van der Waals surface area contributed by atoms with Gasteiger partial charge in [-0.1, -0.05) is 54.6 Å². The molecule has 0 radical (unpaired) electrons. The van der Waals surface area contributed by atoms with E-state index in [2.05, 4.69) is 55.5 Å². The van der Waals surface area contributed by atoms with Gasteiger partial charge in [-0.05, 0) is 83.9 Å². The molecule has 0 spiro atoms. The number of rotatable bonds is 8. The lowest BCUT2D eigenvalue weighted by molar-refractivity contribution is -0.143. The Balaban J connectivity index is 1.32. The molecule has 0 unspecified atom stereocenters. The highest BCUT2D eigenvalue weighted by molar-refractivity contribution is 5.79. The fourth-order valence-corrected chi connectivity index (χ4v) is 4.00. The van der Waals surface area contributed by atoms with Crippen molar-refractivity contribution in [1.82, 2.24) is 0 Å². The summed E-state index contributed by atoms with van der Waals surface area (Å²) < 4.78 is 10.9. The molecule has 0 fully saturated rings. The molecule has 0 aromatic heterocycles. The second kappa shape index (κ2) is 9.65. The van der Waals surface area contributed by atoms with Gasteiger partial charge in [0, 0.05) is 6.42 Å². The lowest BCUT2D eigenvalue weighted by Gasteiger charge is -2.08. The number of ether oxygens (including phenoxy) is 2. The van der Waals surface area contributed by atoms with Crippen molar-refractivity contribution in [2.75, 3.05) is 13.2 Å². The number of carbonyl (C=O) groups is 1. The lowest BCUT2D eigenvalue weighted by Crippen LogP contribution is -2.05. The predicted molar refractivity (Wildman–Crippen MR) is 125 cm³/mol. The number of benzene rings is 3. The van der Waals surface area contributed by atoms with Crippen LogP contribution in [0.5, 0.6) is 5.75 Å². The molecule has 0 saturated carbocycles. The van der Waals surface area contributed by atoms with Crippen LogP contribution in [0.25, 0.3) is 16.7 Å². The number of aryl methyl sites for hydroxylation is 1. The molecule has 0 atom stereocenters. The minimum absolute atomic E-state index is 0.154. The minimum atomic E-state index is -0.154. The van der Waals surface area contributed by atoms with E-state index in [0.717, 1.165) is 17.7 Å². The number of hydrogen-bond acceptors (Lipinski definition) is 3. The first-order chi connectivity index (χ1) is 15.1. The Hall–Kier alpha value is -3.33. The molecule has 3 aromatic rings. The van der Waals surface area contributed by atoms with Gasteiger partial charge in [0.1, 0.15) is 12.4 Å². The zero-order valence-electron chi connectivity index (χ0n) is 18.2. The van der Waals surface area contributed by atoms with Crippen LogP contribution in [-0.2, 0) is 22.4 Å². The topological polar surface area (TPSA) is 35.5 Å². The van der Waals surface area contributed by atoms with E-state index in [1.54, 1.807) is 0 Å². The SMILES string of the molecule is CCOC(=O)CCc1ccc(OC/C=C(/C)c2ccc3c(c2)Cc2ccccc2-3)cc1. The summed E-state index contributed by atoms with van der Waals surface area (Å²) in [6.45, 7) is 4.90. The Morgan fingerprint density at radius 2 is 1.74 bits per heavy atom. The number of allylic oxidation sites excluding steroid dienone is 1. The summed E-state index contributed by atoms with van der Waals surface area (Å²) in [7, 11) is 0. The van der Waals surface area contributed by atoms with Crippen LogP contribution in [-0.4, -0.2) is 19.2 Å². The second-order valence-corrected chi connectivity index (χ2v) is 7.85. The van der Waals surface area contributed by atoms with E-state index in [1.165, 1.54) is 33.4 Å². The Labute approximate surface area is 184 Å². The molecule has 0 amide bonds. The van der Waals surface area contributed by atoms with Crippen LogP contribution in [0, 0.1) is 0 Å². The van der Waals surface area contributed by atoms with Gasteiger partial charge in [0.25, 0.3) is 0 Å². The Bertz CT molecular complexity index is 1090. The minimum Gasteiger partial charge on any atom is -0.490 e. The number of fused-ring (bicyclic) bond motifs is 3. The first-order valence-corrected chi connectivity index (χ1v) is 10.9. The Morgan fingerprint density at radius 3 is 2.55 bits per heavy atom. The maximum atomic E-state index is 11.5. The van der Waals surface area contributed by atoms with Gasteiger partial charge in [0.05, 0.1) is 6.61 Å². The van der Waals surface area contributed by atoms with Gasteiger partial charge in [0.2, 0.25) is 0 Å². The van der Waals surface area contributed by atoms with Gasteiger partial charge < -0.3 is 9.47 Å². The summed E-state index contributed by atoms with van der Waals surface area (Å²) in [5, 5.41) is 0. The summed E-state index contributed by atoms with van der Waals surface area (Å²) in [6, 6.07) is 23.3. The van der Waals surface area contributed by atoms with Gasteiger partial charge in [-0.15, -0.1) is 0 Å². The summed E-state index contributed by atoms with van der Waals surface area (Å²) in [5.41, 5.74) is 9.07. The van der Waals surface area contributed by atoms with E-state index in [9.17, 15) is 4.79 Å². The Kier molecular flexibility index (Phi) is 6.51. The van der Waals surface area contributed by atoms with Crippen LogP contribution < -0.4 is 4.74 Å². The standard InChI is InChI=1S/C28H28O3/c1-3-30-28(29)15-10-21-8-12-25(13-9-21)31-17-16-20(2)22-11-14-27-24(18-22)19-23-6-4-5-7-26(23)27/h4-9,11-14,16,18H,3,10,15,17,19H2,1-2H3/b20-16-. The predicted octanol–water partition coefficient (Wildman–Crippen LogP) is 6.24. The van der Waals surface area contributed by atoms with Crippen molar-refractivity contribution in [3.05, 3.63) is 95.1 Å². The molecule has 1 aliphatic carbocycles. The zero-order chi connectivity index (χ0) is 21.6. The van der Waals surface area contributed by atoms with Gasteiger partial charge in [-0.3, -0.25) is 4.79 Å². The van der Waals surface area contributed by atoms with Gasteiger partial charge in [-0.2, -0.15) is 0 Å². The quantitative estimate of drug-likeness (QED) is 0.322. The maximum absolute atomic E-state index is 11.5. The summed E-state index contributed by atoms with van der Waals surface area (Å²) in [6.07, 6.45) is 4.21. The highest BCUT2D eigenvalue weighted by Gasteiger charge is 2.17. The number of hydrogen-bond donors (Lipinski definition) is 0. The van der Waals surface area contributed by atoms with E-state index in [1.807, 2.05) is 31.2 Å². The van der Waals surface area contributed by atoms with Crippen LogP contribution >= 0.6 is 0 Å². The second-order valence-electron chi connectivity index (χ2n) is 7.85. The van der Waals surface area contributed by atoms with Crippen molar-refractivity contribution in [2.45, 2.75) is 33.1 Å². The van der Waals surface area contributed by atoms with E-state index in [4.69, 9.17) is 9.47 Å². The monoisotopic (exact) mass is 412 g/mol. The average molecular weight is 413 g/mol.